The van der Waals surface area contributed by atoms with Crippen LogP contribution in [0.3, 0.4) is 0 Å². The highest BCUT2D eigenvalue weighted by molar-refractivity contribution is 6.42. The number of Topliss-reactive ketones (excluding diaryl/α,β-unsaturated/α-hetero) is 1. The number of amidine groups is 1. The molecule has 0 spiro atoms. The molecule has 0 fully saturated rings. The van der Waals surface area contributed by atoms with E-state index < -0.39 is 0 Å². The molecule has 0 saturated carbocycles. The van der Waals surface area contributed by atoms with Gasteiger partial charge in [0.25, 0.3) is 0 Å². The molecule has 0 amide bonds. The molecule has 8 heteroatoms. The molecule has 0 radical (unpaired) electrons. The van der Waals surface area contributed by atoms with Crippen LogP contribution in [-0.4, -0.2) is 80.7 Å². The van der Waals surface area contributed by atoms with Crippen molar-refractivity contribution in [2.24, 2.45) is 20.2 Å². The summed E-state index contributed by atoms with van der Waals surface area (Å²) in [5.74, 6) is 0.432. The average molecular weight is 485 g/mol. The minimum Gasteiger partial charge on any atom is -0.379 e. The first-order valence-electron chi connectivity index (χ1n) is 12.2. The van der Waals surface area contributed by atoms with Crippen molar-refractivity contribution in [1.82, 2.24) is 10.0 Å². The molecular weight excluding hydrogens is 440 g/mol. The average Bonchev–Trinajstić information content (AvgIpc) is 3.08. The topological polar surface area (TPSA) is 82.2 Å². The molecule has 2 rings (SSSR count). The molecule has 2 atom stereocenters. The number of ketones is 1. The Labute approximate surface area is 212 Å². The smallest absolute Gasteiger partial charge is 0.183 e. The number of hydrazone groups is 2. The van der Waals surface area contributed by atoms with Gasteiger partial charge in [0.2, 0.25) is 0 Å². The zero-order chi connectivity index (χ0) is 26.8. The van der Waals surface area contributed by atoms with Crippen LogP contribution in [0.25, 0.3) is 0 Å². The minimum atomic E-state index is -0.186. The highest BCUT2D eigenvalue weighted by atomic mass is 16.5. The van der Waals surface area contributed by atoms with Gasteiger partial charge in [-0.15, -0.1) is 0 Å². The molecule has 0 N–H and O–H groups in total. The van der Waals surface area contributed by atoms with E-state index in [4.69, 9.17) is 9.84 Å². The fourth-order valence-electron chi connectivity index (χ4n) is 3.00. The Morgan fingerprint density at radius 3 is 2.51 bits per heavy atom. The van der Waals surface area contributed by atoms with Gasteiger partial charge in [-0.1, -0.05) is 58.9 Å². The predicted molar refractivity (Wildman–Crippen MR) is 150 cm³/mol. The zero-order valence-corrected chi connectivity index (χ0v) is 23.2. The second-order valence-electron chi connectivity index (χ2n) is 7.39. The van der Waals surface area contributed by atoms with Gasteiger partial charge in [0, 0.05) is 64.8 Å². The molecule has 35 heavy (non-hydrogen) atoms. The summed E-state index contributed by atoms with van der Waals surface area (Å²) in [5, 5.41) is 12.5. The molecule has 0 aliphatic carbocycles. The lowest BCUT2D eigenvalue weighted by atomic mass is 9.91. The third-order valence-corrected chi connectivity index (χ3v) is 4.72. The standard InChI is InChI=1S/C23H32N6O2.2C2H6/c1-17(16-26-28(4)5)29-13-8-11-21(30)22(27-29)18(2)19-9-7-10-20(15-19)23(24-3)25-12-14-31-6;2*1-2/h7-10,12-13,15-18H,11,14H2,1-6H3;2*1-2H3/b24-23?,25-12?,26-16-;;. The molecule has 194 valence electrons. The van der Waals surface area contributed by atoms with Crippen molar-refractivity contribution in [3.05, 3.63) is 47.7 Å². The lowest BCUT2D eigenvalue weighted by Crippen LogP contribution is -2.29. The first-order chi connectivity index (χ1) is 16.9. The van der Waals surface area contributed by atoms with Gasteiger partial charge in [0.15, 0.2) is 11.6 Å². The fourth-order valence-corrected chi connectivity index (χ4v) is 3.00. The summed E-state index contributed by atoms with van der Waals surface area (Å²) in [6.07, 6.45) is 7.48. The molecule has 1 aromatic carbocycles. The molecule has 1 aliphatic rings. The Kier molecular flexibility index (Phi) is 16.6. The Morgan fingerprint density at radius 1 is 1.23 bits per heavy atom. The Balaban J connectivity index is 0.00000274. The molecule has 0 bridgehead atoms. The van der Waals surface area contributed by atoms with Crippen LogP contribution >= 0.6 is 0 Å². The summed E-state index contributed by atoms with van der Waals surface area (Å²) >= 11 is 0. The number of benzene rings is 1. The second kappa shape index (κ2) is 18.2. The number of hydrogen-bond donors (Lipinski definition) is 0. The van der Waals surface area contributed by atoms with Crippen molar-refractivity contribution in [2.75, 3.05) is 34.9 Å². The van der Waals surface area contributed by atoms with Gasteiger partial charge in [-0.25, -0.2) is 4.99 Å². The third-order valence-electron chi connectivity index (χ3n) is 4.72. The van der Waals surface area contributed by atoms with Crippen LogP contribution in [0.5, 0.6) is 0 Å². The highest BCUT2D eigenvalue weighted by Gasteiger charge is 2.24. The van der Waals surface area contributed by atoms with Gasteiger partial charge in [-0.3, -0.25) is 14.8 Å². The monoisotopic (exact) mass is 484 g/mol. The summed E-state index contributed by atoms with van der Waals surface area (Å²) in [5.41, 5.74) is 2.37. The Morgan fingerprint density at radius 2 is 1.91 bits per heavy atom. The summed E-state index contributed by atoms with van der Waals surface area (Å²) in [6, 6.07) is 7.81. The van der Waals surface area contributed by atoms with E-state index in [9.17, 15) is 4.79 Å². The van der Waals surface area contributed by atoms with E-state index in [0.29, 0.717) is 24.6 Å². The van der Waals surface area contributed by atoms with Crippen LogP contribution in [0.2, 0.25) is 0 Å². The SMILES string of the molecule is CC.CC.CN=C(N=CCOC)c1cccc(C(C)C2=NN(C(C)/C=N\N(C)C)C=CCC2=O)c1. The van der Waals surface area contributed by atoms with Gasteiger partial charge >= 0.3 is 0 Å². The quantitative estimate of drug-likeness (QED) is 0.295. The van der Waals surface area contributed by atoms with Gasteiger partial charge in [0.05, 0.1) is 12.6 Å². The molecule has 0 saturated heterocycles. The zero-order valence-electron chi connectivity index (χ0n) is 23.2. The maximum Gasteiger partial charge on any atom is 0.183 e. The van der Waals surface area contributed by atoms with Crippen LogP contribution < -0.4 is 0 Å². The summed E-state index contributed by atoms with van der Waals surface area (Å²) in [4.78, 5) is 21.5. The van der Waals surface area contributed by atoms with Crippen molar-refractivity contribution < 1.29 is 9.53 Å². The second-order valence-corrected chi connectivity index (χ2v) is 7.39. The lowest BCUT2D eigenvalue weighted by Gasteiger charge is -2.22. The van der Waals surface area contributed by atoms with Crippen molar-refractivity contribution >= 4 is 29.8 Å². The Hall–Kier alpha value is -3.13. The van der Waals surface area contributed by atoms with Gasteiger partial charge in [0.1, 0.15) is 5.71 Å². The van der Waals surface area contributed by atoms with Crippen molar-refractivity contribution in [3.63, 3.8) is 0 Å². The van der Waals surface area contributed by atoms with Gasteiger partial charge in [-0.05, 0) is 18.6 Å². The number of carbonyl (C=O) groups excluding carboxylic acids is 1. The highest BCUT2D eigenvalue weighted by Crippen LogP contribution is 2.22. The van der Waals surface area contributed by atoms with Crippen LogP contribution in [-0.2, 0) is 9.53 Å². The first-order valence-corrected chi connectivity index (χ1v) is 12.2. The number of methoxy groups -OCH3 is 1. The molecule has 0 aromatic heterocycles. The molecule has 8 nitrogen and oxygen atoms in total. The maximum atomic E-state index is 12.8. The van der Waals surface area contributed by atoms with E-state index in [2.05, 4.69) is 15.1 Å². The lowest BCUT2D eigenvalue weighted by molar-refractivity contribution is -0.112. The Bertz CT molecular complexity index is 903. The summed E-state index contributed by atoms with van der Waals surface area (Å²) < 4.78 is 5.02. The number of ether oxygens (including phenoxy) is 1. The number of rotatable bonds is 8. The molecular formula is C27H44N6O2. The van der Waals surface area contributed by atoms with Gasteiger partial charge in [-0.2, -0.15) is 10.2 Å². The van der Waals surface area contributed by atoms with Gasteiger partial charge < -0.3 is 9.75 Å². The minimum absolute atomic E-state index is 0.0101. The number of nitrogens with zero attached hydrogens (tertiary/aromatic N) is 6. The summed E-state index contributed by atoms with van der Waals surface area (Å²) in [6.45, 7) is 12.4. The van der Waals surface area contributed by atoms with Crippen LogP contribution in [0.15, 0.2) is 56.7 Å². The van der Waals surface area contributed by atoms with Crippen LogP contribution in [0.1, 0.15) is 65.0 Å². The molecule has 1 aromatic rings. The fraction of sp³-hybridized carbons (Fsp3) is 0.519. The van der Waals surface area contributed by atoms with Crippen molar-refractivity contribution in [2.45, 2.75) is 59.9 Å². The molecule has 2 unspecified atom stereocenters. The van der Waals surface area contributed by atoms with E-state index in [0.717, 1.165) is 11.1 Å². The number of aliphatic imine (C=N–C) groups is 2. The van der Waals surface area contributed by atoms with E-state index in [1.807, 2.05) is 92.2 Å². The first kappa shape index (κ1) is 31.9. The maximum absolute atomic E-state index is 12.8. The van der Waals surface area contributed by atoms with E-state index in [-0.39, 0.29) is 17.7 Å². The van der Waals surface area contributed by atoms with E-state index >= 15 is 0 Å². The third kappa shape index (κ3) is 10.8. The van der Waals surface area contributed by atoms with Crippen molar-refractivity contribution in [3.8, 4) is 0 Å². The predicted octanol–water partition coefficient (Wildman–Crippen LogP) is 5.02. The van der Waals surface area contributed by atoms with E-state index in [1.165, 1.54) is 0 Å². The number of carbonyl (C=O) groups is 1. The normalized spacial score (nSPS) is 15.6. The van der Waals surface area contributed by atoms with E-state index in [1.54, 1.807) is 36.6 Å². The van der Waals surface area contributed by atoms with Crippen LogP contribution in [0.4, 0.5) is 0 Å². The van der Waals surface area contributed by atoms with Crippen molar-refractivity contribution in [1.29, 1.82) is 0 Å². The van der Waals surface area contributed by atoms with Crippen LogP contribution in [0, 0.1) is 0 Å². The molecule has 1 heterocycles. The number of allylic oxidation sites excluding steroid dienone is 1. The number of hydrogen-bond acceptors (Lipinski definition) is 7. The summed E-state index contributed by atoms with van der Waals surface area (Å²) in [7, 11) is 7.05. The largest absolute Gasteiger partial charge is 0.379 e. The molecule has 1 aliphatic heterocycles.